The molecule has 1 rings (SSSR count). The summed E-state index contributed by atoms with van der Waals surface area (Å²) in [6.45, 7) is 12.8. The van der Waals surface area contributed by atoms with Crippen LogP contribution in [-0.4, -0.2) is 23.6 Å². The van der Waals surface area contributed by atoms with Crippen molar-refractivity contribution >= 4 is 35.4 Å². The Bertz CT molecular complexity index is 240. The molecule has 0 saturated carbocycles. The van der Waals surface area contributed by atoms with Crippen LogP contribution >= 0.6 is 24.0 Å². The highest BCUT2D eigenvalue weighted by Crippen LogP contribution is 2.15. The number of nitrogens with zero attached hydrogens (tertiary/aromatic N) is 1. The second-order valence-electron chi connectivity index (χ2n) is 1.84. The lowest BCUT2D eigenvalue weighted by Crippen LogP contribution is -2.01. The fourth-order valence-corrected chi connectivity index (χ4v) is 1.35. The third-order valence-electron chi connectivity index (χ3n) is 1.03. The van der Waals surface area contributed by atoms with Crippen LogP contribution in [0.3, 0.4) is 0 Å². The molecular formula is C12H26N2OS2. The van der Waals surface area contributed by atoms with E-state index in [-0.39, 0.29) is 0 Å². The van der Waals surface area contributed by atoms with Crippen LogP contribution in [0.25, 0.3) is 0 Å². The van der Waals surface area contributed by atoms with Crippen LogP contribution in [0.5, 0.6) is 0 Å². The molecule has 0 spiro atoms. The van der Waals surface area contributed by atoms with E-state index in [1.165, 1.54) is 11.3 Å². The van der Waals surface area contributed by atoms with Crippen molar-refractivity contribution in [2.45, 2.75) is 41.5 Å². The largest absolute Gasteiger partial charge is 0.361 e. The summed E-state index contributed by atoms with van der Waals surface area (Å²) in [5, 5.41) is 3.80. The highest BCUT2D eigenvalue weighted by molar-refractivity contribution is 7.80. The first-order chi connectivity index (χ1) is 8.36. The van der Waals surface area contributed by atoms with Crippen LogP contribution in [0.15, 0.2) is 6.20 Å². The number of thiol groups is 1. The van der Waals surface area contributed by atoms with Crippen LogP contribution in [0.1, 0.15) is 51.2 Å². The Balaban J connectivity index is -0.000000285. The standard InChI is InChI=1S/C6H8N2OS2.3C2H6/c9-4-5-3-8-6(11-5)7-1-2-10;3*1-2/h3-4,10H,1-2H2,(H,7,8);3*1-2H3. The van der Waals surface area contributed by atoms with E-state index in [4.69, 9.17) is 0 Å². The summed E-state index contributed by atoms with van der Waals surface area (Å²) in [5.41, 5.74) is 0. The third-order valence-corrected chi connectivity index (χ3v) is 2.13. The van der Waals surface area contributed by atoms with Crippen molar-refractivity contribution in [2.24, 2.45) is 0 Å². The van der Waals surface area contributed by atoms with Gasteiger partial charge in [-0.3, -0.25) is 4.79 Å². The maximum Gasteiger partial charge on any atom is 0.183 e. The number of carbonyl (C=O) groups is 1. The molecule has 1 N–H and O–H groups in total. The Kier molecular flexibility index (Phi) is 26.6. The SMILES string of the molecule is CC.CC.CC.O=Cc1cnc(NCCS)s1. The van der Waals surface area contributed by atoms with E-state index in [1.54, 1.807) is 6.20 Å². The van der Waals surface area contributed by atoms with Gasteiger partial charge in [-0.1, -0.05) is 52.9 Å². The molecule has 0 saturated heterocycles. The molecule has 0 amide bonds. The highest BCUT2D eigenvalue weighted by atomic mass is 32.1. The van der Waals surface area contributed by atoms with E-state index >= 15 is 0 Å². The topological polar surface area (TPSA) is 42.0 Å². The van der Waals surface area contributed by atoms with Gasteiger partial charge in [-0.2, -0.15) is 12.6 Å². The Morgan fingerprint density at radius 1 is 1.29 bits per heavy atom. The predicted molar refractivity (Wildman–Crippen MR) is 83.9 cm³/mol. The van der Waals surface area contributed by atoms with Gasteiger partial charge in [0.25, 0.3) is 0 Å². The maximum absolute atomic E-state index is 10.2. The fraction of sp³-hybridized carbons (Fsp3) is 0.667. The number of aromatic nitrogens is 1. The van der Waals surface area contributed by atoms with Crippen molar-refractivity contribution in [1.82, 2.24) is 4.98 Å². The number of rotatable bonds is 4. The molecule has 1 aromatic heterocycles. The van der Waals surface area contributed by atoms with Gasteiger partial charge < -0.3 is 5.32 Å². The van der Waals surface area contributed by atoms with Gasteiger partial charge in [0.15, 0.2) is 11.4 Å². The van der Waals surface area contributed by atoms with Gasteiger partial charge in [0.1, 0.15) is 0 Å². The molecule has 0 radical (unpaired) electrons. The van der Waals surface area contributed by atoms with Crippen molar-refractivity contribution in [2.75, 3.05) is 17.6 Å². The van der Waals surface area contributed by atoms with Crippen molar-refractivity contribution in [3.8, 4) is 0 Å². The Hall–Kier alpha value is -0.550. The molecule has 1 heterocycles. The predicted octanol–water partition coefficient (Wildman–Crippen LogP) is 4.38. The van der Waals surface area contributed by atoms with Gasteiger partial charge in [0.2, 0.25) is 0 Å². The van der Waals surface area contributed by atoms with E-state index < -0.39 is 0 Å². The van der Waals surface area contributed by atoms with E-state index in [0.29, 0.717) is 4.88 Å². The molecule has 0 unspecified atom stereocenters. The lowest BCUT2D eigenvalue weighted by atomic mass is 10.6. The molecule has 0 aliphatic heterocycles. The molecule has 17 heavy (non-hydrogen) atoms. The lowest BCUT2D eigenvalue weighted by Gasteiger charge is -1.95. The maximum atomic E-state index is 10.2. The summed E-state index contributed by atoms with van der Waals surface area (Å²) in [6.07, 6.45) is 2.35. The summed E-state index contributed by atoms with van der Waals surface area (Å²) >= 11 is 5.37. The zero-order valence-corrected chi connectivity index (χ0v) is 13.5. The average Bonchev–Trinajstić information content (AvgIpc) is 2.91. The van der Waals surface area contributed by atoms with Crippen LogP contribution in [0.4, 0.5) is 5.13 Å². The first-order valence-electron chi connectivity index (χ1n) is 6.12. The smallest absolute Gasteiger partial charge is 0.183 e. The minimum atomic E-state index is 0.645. The molecule has 3 nitrogen and oxygen atoms in total. The van der Waals surface area contributed by atoms with E-state index in [0.717, 1.165) is 23.7 Å². The normalized spacial score (nSPS) is 7.24. The van der Waals surface area contributed by atoms with Crippen molar-refractivity contribution in [3.63, 3.8) is 0 Å². The highest BCUT2D eigenvalue weighted by Gasteiger charge is 1.97. The average molecular weight is 278 g/mol. The van der Waals surface area contributed by atoms with E-state index in [9.17, 15) is 4.79 Å². The molecule has 0 aliphatic carbocycles. The summed E-state index contributed by atoms with van der Waals surface area (Å²) < 4.78 is 0. The second-order valence-corrected chi connectivity index (χ2v) is 3.35. The minimum absolute atomic E-state index is 0.645. The number of nitrogens with one attached hydrogen (secondary N) is 1. The molecule has 5 heteroatoms. The number of hydrogen-bond donors (Lipinski definition) is 2. The summed E-state index contributed by atoms with van der Waals surface area (Å²) in [6, 6.07) is 0. The quantitative estimate of drug-likeness (QED) is 0.634. The van der Waals surface area contributed by atoms with E-state index in [2.05, 4.69) is 22.9 Å². The number of carbonyl (C=O) groups excluding carboxylic acids is 1. The van der Waals surface area contributed by atoms with Gasteiger partial charge in [0.05, 0.1) is 11.1 Å². The molecule has 102 valence electrons. The Morgan fingerprint density at radius 2 is 1.82 bits per heavy atom. The third kappa shape index (κ3) is 13.4. The first kappa shape index (κ1) is 21.7. The second kappa shape index (κ2) is 20.8. The summed E-state index contributed by atoms with van der Waals surface area (Å²) in [5.74, 6) is 0.760. The molecular weight excluding hydrogens is 252 g/mol. The first-order valence-corrected chi connectivity index (χ1v) is 7.57. The zero-order valence-electron chi connectivity index (χ0n) is 11.8. The molecule has 0 fully saturated rings. The van der Waals surface area contributed by atoms with Crippen molar-refractivity contribution < 1.29 is 4.79 Å². The van der Waals surface area contributed by atoms with Crippen LogP contribution in [0, 0.1) is 0 Å². The summed E-state index contributed by atoms with van der Waals surface area (Å²) in [7, 11) is 0. The molecule has 0 aromatic carbocycles. The Morgan fingerprint density at radius 3 is 2.18 bits per heavy atom. The zero-order chi connectivity index (χ0) is 14.1. The van der Waals surface area contributed by atoms with Crippen molar-refractivity contribution in [3.05, 3.63) is 11.1 Å². The van der Waals surface area contributed by atoms with Crippen molar-refractivity contribution in [1.29, 1.82) is 0 Å². The van der Waals surface area contributed by atoms with Gasteiger partial charge in [-0.05, 0) is 0 Å². The molecule has 0 atom stereocenters. The van der Waals surface area contributed by atoms with Crippen LogP contribution < -0.4 is 5.32 Å². The number of aldehydes is 1. The van der Waals surface area contributed by atoms with Gasteiger partial charge in [0, 0.05) is 12.3 Å². The summed E-state index contributed by atoms with van der Waals surface area (Å²) in [4.78, 5) is 14.8. The van der Waals surface area contributed by atoms with Crippen LogP contribution in [-0.2, 0) is 0 Å². The number of anilines is 1. The number of hydrogen-bond acceptors (Lipinski definition) is 5. The minimum Gasteiger partial charge on any atom is -0.361 e. The Labute approximate surface area is 115 Å². The molecule has 1 aromatic rings. The van der Waals surface area contributed by atoms with Crippen LogP contribution in [0.2, 0.25) is 0 Å². The van der Waals surface area contributed by atoms with Gasteiger partial charge in [-0.25, -0.2) is 4.98 Å². The number of thiazole rings is 1. The molecule has 0 aliphatic rings. The monoisotopic (exact) mass is 278 g/mol. The van der Waals surface area contributed by atoms with Gasteiger partial charge >= 0.3 is 0 Å². The van der Waals surface area contributed by atoms with E-state index in [1.807, 2.05) is 41.5 Å². The lowest BCUT2D eigenvalue weighted by molar-refractivity contribution is 0.112. The molecule has 0 bridgehead atoms. The fourth-order valence-electron chi connectivity index (χ4n) is 0.586. The van der Waals surface area contributed by atoms with Gasteiger partial charge in [-0.15, -0.1) is 0 Å².